The molecule has 0 fully saturated rings. The van der Waals surface area contributed by atoms with Gasteiger partial charge >= 0.3 is 12.0 Å². The molecule has 0 spiro atoms. The molecule has 0 bridgehead atoms. The molecular weight excluding hydrogens is 377 g/mol. The number of fused-ring (bicyclic) bond motifs is 1. The van der Waals surface area contributed by atoms with Gasteiger partial charge in [0.15, 0.2) is 0 Å². The topological polar surface area (TPSA) is 95.7 Å². The number of aryl methyl sites for hydroxylation is 1. The molecule has 6 nitrogen and oxygen atoms in total. The minimum atomic E-state index is -1.08. The number of aliphatic carboxylic acids is 1. The molecule has 2 atom stereocenters. The van der Waals surface area contributed by atoms with Crippen molar-refractivity contribution in [2.45, 2.75) is 25.3 Å². The highest BCUT2D eigenvalue weighted by Crippen LogP contribution is 2.46. The third-order valence-electron chi connectivity index (χ3n) is 4.53. The van der Waals surface area contributed by atoms with Crippen molar-refractivity contribution < 1.29 is 14.7 Å². The van der Waals surface area contributed by atoms with Crippen LogP contribution in [0.1, 0.15) is 29.0 Å². The maximum Gasteiger partial charge on any atom is 0.331 e. The van der Waals surface area contributed by atoms with Crippen LogP contribution in [0.3, 0.4) is 0 Å². The second-order valence-corrected chi connectivity index (χ2v) is 7.01. The molecule has 0 saturated heterocycles. The first-order valence-electron chi connectivity index (χ1n) is 7.92. The van der Waals surface area contributed by atoms with E-state index in [1.54, 1.807) is 12.1 Å². The van der Waals surface area contributed by atoms with Gasteiger partial charge in [-0.3, -0.25) is 5.01 Å². The zero-order valence-electron chi connectivity index (χ0n) is 13.9. The zero-order valence-corrected chi connectivity index (χ0v) is 15.4. The quantitative estimate of drug-likeness (QED) is 0.740. The van der Waals surface area contributed by atoms with Gasteiger partial charge in [0.1, 0.15) is 6.04 Å². The fourth-order valence-electron chi connectivity index (χ4n) is 3.46. The van der Waals surface area contributed by atoms with Crippen molar-refractivity contribution in [2.24, 2.45) is 5.73 Å². The summed E-state index contributed by atoms with van der Waals surface area (Å²) < 4.78 is 0. The summed E-state index contributed by atoms with van der Waals surface area (Å²) in [5.74, 6) is -1.35. The number of hydrogen-bond acceptors (Lipinski definition) is 3. The standard InChI is InChI=1S/C18H17Cl2N3O3/c1-9-4-2-3-5-11(9)12-8-15(17(24)25)23(22-18(21)26)14-7-10(19)6-13(20)16(12)14/h2-7,12,15H,8H2,1H3,(H,24,25)(H3,21,22,26). The maximum absolute atomic E-state index is 11.9. The Kier molecular flexibility index (Phi) is 4.98. The van der Waals surface area contributed by atoms with Crippen LogP contribution >= 0.6 is 23.2 Å². The van der Waals surface area contributed by atoms with E-state index >= 15 is 0 Å². The Morgan fingerprint density at radius 2 is 1.96 bits per heavy atom. The highest BCUT2D eigenvalue weighted by Gasteiger charge is 2.40. The second kappa shape index (κ2) is 7.05. The van der Waals surface area contributed by atoms with Gasteiger partial charge in [-0.05, 0) is 36.6 Å². The summed E-state index contributed by atoms with van der Waals surface area (Å²) in [7, 11) is 0. The number of nitrogens with two attached hydrogens (primary N) is 1. The molecular formula is C18H17Cl2N3O3. The minimum absolute atomic E-state index is 0.217. The monoisotopic (exact) mass is 393 g/mol. The number of carboxylic acid groups (broad SMARTS) is 1. The van der Waals surface area contributed by atoms with E-state index < -0.39 is 18.0 Å². The van der Waals surface area contributed by atoms with Crippen LogP contribution in [0.15, 0.2) is 36.4 Å². The fraction of sp³-hybridized carbons (Fsp3) is 0.222. The molecule has 0 aromatic heterocycles. The molecule has 0 aliphatic carbocycles. The van der Waals surface area contributed by atoms with Gasteiger partial charge in [-0.15, -0.1) is 0 Å². The largest absolute Gasteiger partial charge is 0.480 e. The van der Waals surface area contributed by atoms with Crippen molar-refractivity contribution in [1.29, 1.82) is 0 Å². The number of primary amides is 1. The molecule has 1 aliphatic heterocycles. The number of nitrogens with one attached hydrogen (secondary N) is 1. The fourth-order valence-corrected chi connectivity index (χ4v) is 4.07. The van der Waals surface area contributed by atoms with Crippen molar-refractivity contribution in [2.75, 3.05) is 5.01 Å². The first kappa shape index (κ1) is 18.4. The zero-order chi connectivity index (χ0) is 19.0. The van der Waals surface area contributed by atoms with Crippen molar-refractivity contribution in [3.05, 3.63) is 63.1 Å². The summed E-state index contributed by atoms with van der Waals surface area (Å²) in [6.45, 7) is 1.96. The van der Waals surface area contributed by atoms with E-state index in [-0.39, 0.29) is 12.3 Å². The van der Waals surface area contributed by atoms with E-state index in [1.807, 2.05) is 31.2 Å². The lowest BCUT2D eigenvalue weighted by Crippen LogP contribution is -2.56. The molecule has 0 radical (unpaired) electrons. The maximum atomic E-state index is 11.9. The van der Waals surface area contributed by atoms with Gasteiger partial charge in [0.25, 0.3) is 0 Å². The summed E-state index contributed by atoms with van der Waals surface area (Å²) in [5, 5.41) is 11.7. The van der Waals surface area contributed by atoms with Gasteiger partial charge < -0.3 is 10.8 Å². The van der Waals surface area contributed by atoms with E-state index in [1.165, 1.54) is 5.01 Å². The molecule has 1 aliphatic rings. The van der Waals surface area contributed by atoms with Crippen molar-refractivity contribution in [3.63, 3.8) is 0 Å². The van der Waals surface area contributed by atoms with Crippen LogP contribution in [-0.2, 0) is 4.79 Å². The van der Waals surface area contributed by atoms with Gasteiger partial charge in [0.05, 0.1) is 5.69 Å². The highest BCUT2D eigenvalue weighted by atomic mass is 35.5. The molecule has 4 N–H and O–H groups in total. The van der Waals surface area contributed by atoms with Crippen LogP contribution in [0, 0.1) is 6.92 Å². The predicted octanol–water partition coefficient (Wildman–Crippen LogP) is 3.68. The molecule has 8 heteroatoms. The molecule has 2 aromatic rings. The minimum Gasteiger partial charge on any atom is -0.480 e. The molecule has 0 saturated carbocycles. The lowest BCUT2D eigenvalue weighted by atomic mass is 9.80. The number of urea groups is 1. The second-order valence-electron chi connectivity index (χ2n) is 6.17. The van der Waals surface area contributed by atoms with Gasteiger partial charge in [-0.2, -0.15) is 0 Å². The van der Waals surface area contributed by atoms with Crippen molar-refractivity contribution in [3.8, 4) is 0 Å². The number of hydrazine groups is 1. The van der Waals surface area contributed by atoms with Gasteiger partial charge in [0, 0.05) is 21.5 Å². The van der Waals surface area contributed by atoms with E-state index in [9.17, 15) is 14.7 Å². The highest BCUT2D eigenvalue weighted by molar-refractivity contribution is 6.35. The third kappa shape index (κ3) is 3.30. The summed E-state index contributed by atoms with van der Waals surface area (Å²) in [6.07, 6.45) is 0.217. The molecule has 2 amide bonds. The Hall–Kier alpha value is -2.44. The number of nitrogens with zero attached hydrogens (tertiary/aromatic N) is 1. The normalized spacial score (nSPS) is 19.0. The van der Waals surface area contributed by atoms with E-state index in [4.69, 9.17) is 28.9 Å². The number of halogens is 2. The van der Waals surface area contributed by atoms with Gasteiger partial charge in [-0.1, -0.05) is 47.5 Å². The number of carbonyl (C=O) groups is 2. The number of carbonyl (C=O) groups excluding carboxylic acids is 1. The molecule has 2 unspecified atom stereocenters. The van der Waals surface area contributed by atoms with Crippen molar-refractivity contribution >= 4 is 40.9 Å². The molecule has 3 rings (SSSR count). The van der Waals surface area contributed by atoms with Gasteiger partial charge in [0.2, 0.25) is 0 Å². The smallest absolute Gasteiger partial charge is 0.331 e. The van der Waals surface area contributed by atoms with E-state index in [2.05, 4.69) is 5.43 Å². The number of hydrogen-bond donors (Lipinski definition) is 3. The Bertz CT molecular complexity index is 888. The summed E-state index contributed by atoms with van der Waals surface area (Å²) in [4.78, 5) is 23.3. The molecule has 2 aromatic carbocycles. The van der Waals surface area contributed by atoms with Crippen molar-refractivity contribution in [1.82, 2.24) is 5.43 Å². The lowest BCUT2D eigenvalue weighted by molar-refractivity contribution is -0.139. The predicted molar refractivity (Wildman–Crippen MR) is 101 cm³/mol. The molecule has 1 heterocycles. The van der Waals surface area contributed by atoms with E-state index in [0.29, 0.717) is 21.3 Å². The number of anilines is 1. The van der Waals surface area contributed by atoms with Gasteiger partial charge in [-0.25, -0.2) is 15.0 Å². The SMILES string of the molecule is Cc1ccccc1C1CC(C(=O)O)N(NC(N)=O)c2cc(Cl)cc(Cl)c21. The first-order valence-corrected chi connectivity index (χ1v) is 8.67. The van der Waals surface area contributed by atoms with Crippen LogP contribution in [0.2, 0.25) is 10.0 Å². The van der Waals surface area contributed by atoms with Crippen LogP contribution in [0.25, 0.3) is 0 Å². The van der Waals surface area contributed by atoms with E-state index in [0.717, 1.165) is 11.1 Å². The number of benzene rings is 2. The Morgan fingerprint density at radius 3 is 2.58 bits per heavy atom. The summed E-state index contributed by atoms with van der Waals surface area (Å²) >= 11 is 12.6. The van der Waals surface area contributed by atoms with Crippen LogP contribution in [0.5, 0.6) is 0 Å². The van der Waals surface area contributed by atoms with Crippen LogP contribution < -0.4 is 16.2 Å². The first-order chi connectivity index (χ1) is 12.3. The average Bonchev–Trinajstić information content (AvgIpc) is 2.55. The third-order valence-corrected chi connectivity index (χ3v) is 5.06. The lowest BCUT2D eigenvalue weighted by Gasteiger charge is -2.40. The summed E-state index contributed by atoms with van der Waals surface area (Å²) in [5.41, 5.74) is 10.8. The van der Waals surface area contributed by atoms with Crippen LogP contribution in [0.4, 0.5) is 10.5 Å². The number of carboxylic acids is 1. The Balaban J connectivity index is 2.25. The van der Waals surface area contributed by atoms with Crippen LogP contribution in [-0.4, -0.2) is 23.1 Å². The molecule has 26 heavy (non-hydrogen) atoms. The Labute approximate surface area is 160 Å². The number of rotatable bonds is 3. The summed E-state index contributed by atoms with van der Waals surface area (Å²) in [6, 6.07) is 9.03. The molecule has 136 valence electrons. The Morgan fingerprint density at radius 1 is 1.27 bits per heavy atom. The number of amides is 2. The average molecular weight is 394 g/mol.